The van der Waals surface area contributed by atoms with Crippen LogP contribution >= 0.6 is 0 Å². The number of allylic oxidation sites excluding steroid dienone is 1. The normalized spacial score (nSPS) is 18.2. The summed E-state index contributed by atoms with van der Waals surface area (Å²) in [5.41, 5.74) is 4.05. The molecule has 0 amide bonds. The van der Waals surface area contributed by atoms with E-state index in [1.54, 1.807) is 26.6 Å². The molecule has 1 aliphatic rings. The predicted octanol–water partition coefficient (Wildman–Crippen LogP) is 3.53. The molecule has 1 unspecified atom stereocenters. The first-order valence-electron chi connectivity index (χ1n) is 12.1. The van der Waals surface area contributed by atoms with E-state index in [-0.39, 0.29) is 12.0 Å². The largest absolute Gasteiger partial charge is 0.495 e. The first-order chi connectivity index (χ1) is 17.4. The summed E-state index contributed by atoms with van der Waals surface area (Å²) in [5, 5.41) is 18.9. The van der Waals surface area contributed by atoms with E-state index in [2.05, 4.69) is 27.5 Å². The Morgan fingerprint density at radius 1 is 1.31 bits per heavy atom. The average Bonchev–Trinajstić information content (AvgIpc) is 3.32. The van der Waals surface area contributed by atoms with E-state index in [9.17, 15) is 5.11 Å². The summed E-state index contributed by atoms with van der Waals surface area (Å²) in [5.74, 6) is 7.70. The maximum atomic E-state index is 9.80. The summed E-state index contributed by atoms with van der Waals surface area (Å²) in [7, 11) is 3.33. The zero-order chi connectivity index (χ0) is 25.7. The number of likely N-dealkylation sites (N-methyl/N-ethyl adjacent to an activating group) is 1. The molecule has 0 radical (unpaired) electrons. The van der Waals surface area contributed by atoms with Gasteiger partial charge >= 0.3 is 0 Å². The molecule has 3 heterocycles. The van der Waals surface area contributed by atoms with Gasteiger partial charge in [-0.3, -0.25) is 0 Å². The molecule has 1 fully saturated rings. The van der Waals surface area contributed by atoms with Crippen LogP contribution in [0.4, 0.5) is 17.5 Å². The molecule has 0 aliphatic carbocycles. The minimum Gasteiger partial charge on any atom is -0.495 e. The molecule has 1 aromatic carbocycles. The van der Waals surface area contributed by atoms with Crippen molar-refractivity contribution in [2.24, 2.45) is 11.3 Å². The van der Waals surface area contributed by atoms with Crippen molar-refractivity contribution in [1.29, 1.82) is 0 Å². The number of nitrogens with two attached hydrogens (primary N) is 1. The Morgan fingerprint density at radius 3 is 2.81 bits per heavy atom. The van der Waals surface area contributed by atoms with E-state index >= 15 is 0 Å². The zero-order valence-corrected chi connectivity index (χ0v) is 21.3. The molecule has 10 heteroatoms. The first kappa shape index (κ1) is 25.6. The predicted molar refractivity (Wildman–Crippen MR) is 142 cm³/mol. The van der Waals surface area contributed by atoms with Crippen molar-refractivity contribution in [3.63, 3.8) is 0 Å². The Hall–Kier alpha value is -3.47. The number of aromatic nitrogens is 3. The molecule has 1 aliphatic heterocycles. The lowest BCUT2D eigenvalue weighted by Gasteiger charge is -2.22. The quantitative estimate of drug-likeness (QED) is 0.246. The summed E-state index contributed by atoms with van der Waals surface area (Å²) in [6.45, 7) is 6.36. The molecule has 1 saturated heterocycles. The smallest absolute Gasteiger partial charge is 0.227 e. The Morgan fingerprint density at radius 2 is 2.14 bits per heavy atom. The van der Waals surface area contributed by atoms with Gasteiger partial charge in [0, 0.05) is 43.4 Å². The number of pyridine rings is 1. The van der Waals surface area contributed by atoms with E-state index in [0.29, 0.717) is 29.6 Å². The van der Waals surface area contributed by atoms with Crippen LogP contribution in [-0.2, 0) is 4.74 Å². The highest BCUT2D eigenvalue weighted by molar-refractivity contribution is 5.88. The van der Waals surface area contributed by atoms with Crippen molar-refractivity contribution in [1.82, 2.24) is 20.0 Å². The van der Waals surface area contributed by atoms with Gasteiger partial charge in [0.05, 0.1) is 31.7 Å². The first-order valence-corrected chi connectivity index (χ1v) is 12.1. The standard InChI is InChI=1S/C26H35N7O3/c1-5-19(21(14-34)33(3)27)17-6-7-20(22(12-17)35-4)31-25-29-13-18-8-10-28-24(23(18)32-25)30-15-26(2)9-11-36-16-26/h6-8,10,12-13,34H,5,9,11,14-16,27H2,1-4H3,(H,28,30)(H,29,31,32)/b21-19+. The number of hydrazine groups is 1. The number of methoxy groups -OCH3 is 1. The minimum atomic E-state index is -0.153. The Bertz CT molecular complexity index is 1240. The van der Waals surface area contributed by atoms with E-state index in [1.807, 2.05) is 31.2 Å². The molecule has 0 bridgehead atoms. The fourth-order valence-electron chi connectivity index (χ4n) is 4.39. The molecule has 1 atom stereocenters. The minimum absolute atomic E-state index is 0.0768. The van der Waals surface area contributed by atoms with Crippen molar-refractivity contribution in [3.8, 4) is 5.75 Å². The molecule has 192 valence electrons. The topological polar surface area (TPSA) is 131 Å². The highest BCUT2D eigenvalue weighted by Crippen LogP contribution is 2.33. The van der Waals surface area contributed by atoms with Crippen LogP contribution in [0.2, 0.25) is 0 Å². The van der Waals surface area contributed by atoms with Crippen LogP contribution in [0.25, 0.3) is 16.5 Å². The summed E-state index contributed by atoms with van der Waals surface area (Å²) in [6.07, 6.45) is 5.25. The molecule has 36 heavy (non-hydrogen) atoms. The van der Waals surface area contributed by atoms with E-state index in [0.717, 1.165) is 53.9 Å². The van der Waals surface area contributed by atoms with Gasteiger partial charge in [-0.2, -0.15) is 0 Å². The van der Waals surface area contributed by atoms with Gasteiger partial charge in [0.2, 0.25) is 5.95 Å². The van der Waals surface area contributed by atoms with Crippen LogP contribution in [0.3, 0.4) is 0 Å². The van der Waals surface area contributed by atoms with Crippen molar-refractivity contribution in [3.05, 3.63) is 47.9 Å². The van der Waals surface area contributed by atoms with Gasteiger partial charge in [-0.05, 0) is 42.2 Å². The highest BCUT2D eigenvalue weighted by atomic mass is 16.5. The Labute approximate surface area is 211 Å². The maximum absolute atomic E-state index is 9.80. The third kappa shape index (κ3) is 5.51. The Kier molecular flexibility index (Phi) is 7.88. The zero-order valence-electron chi connectivity index (χ0n) is 21.3. The van der Waals surface area contributed by atoms with Gasteiger partial charge in [-0.1, -0.05) is 19.9 Å². The Balaban J connectivity index is 1.62. The fourth-order valence-corrected chi connectivity index (χ4v) is 4.39. The van der Waals surface area contributed by atoms with Gasteiger partial charge < -0.3 is 30.2 Å². The number of ether oxygens (including phenoxy) is 2. The molecule has 5 N–H and O–H groups in total. The lowest BCUT2D eigenvalue weighted by Crippen LogP contribution is -2.28. The van der Waals surface area contributed by atoms with Gasteiger partial charge in [0.25, 0.3) is 0 Å². The summed E-state index contributed by atoms with van der Waals surface area (Å²) in [4.78, 5) is 13.8. The van der Waals surface area contributed by atoms with Gasteiger partial charge in [-0.25, -0.2) is 20.8 Å². The molecular formula is C26H35N7O3. The number of nitrogens with zero attached hydrogens (tertiary/aromatic N) is 4. The summed E-state index contributed by atoms with van der Waals surface area (Å²) >= 11 is 0. The molecule has 3 aromatic rings. The SMILES string of the molecule is CC/C(=C(/CO)N(C)N)c1ccc(Nc2ncc3ccnc(NCC4(C)CCOC4)c3n2)c(OC)c1. The van der Waals surface area contributed by atoms with Crippen LogP contribution in [0, 0.1) is 5.41 Å². The van der Waals surface area contributed by atoms with E-state index in [1.165, 1.54) is 5.01 Å². The number of hydrogen-bond acceptors (Lipinski definition) is 10. The number of fused-ring (bicyclic) bond motifs is 1. The number of benzene rings is 1. The molecule has 0 spiro atoms. The number of anilines is 3. The molecule has 0 saturated carbocycles. The van der Waals surface area contributed by atoms with Crippen LogP contribution < -0.4 is 21.2 Å². The molecule has 2 aromatic heterocycles. The highest BCUT2D eigenvalue weighted by Gasteiger charge is 2.29. The number of aliphatic hydroxyl groups is 1. The van der Waals surface area contributed by atoms with Crippen molar-refractivity contribution < 1.29 is 14.6 Å². The lowest BCUT2D eigenvalue weighted by molar-refractivity contribution is 0.164. The maximum Gasteiger partial charge on any atom is 0.227 e. The van der Waals surface area contributed by atoms with Gasteiger partial charge in [-0.15, -0.1) is 0 Å². The van der Waals surface area contributed by atoms with Crippen LogP contribution in [0.15, 0.2) is 42.4 Å². The second-order valence-electron chi connectivity index (χ2n) is 9.35. The summed E-state index contributed by atoms with van der Waals surface area (Å²) < 4.78 is 11.2. The van der Waals surface area contributed by atoms with Crippen LogP contribution in [0.5, 0.6) is 5.75 Å². The number of aliphatic hydroxyl groups excluding tert-OH is 1. The van der Waals surface area contributed by atoms with Gasteiger partial charge in [0.15, 0.2) is 5.82 Å². The van der Waals surface area contributed by atoms with E-state index < -0.39 is 0 Å². The number of nitrogens with one attached hydrogen (secondary N) is 2. The molecular weight excluding hydrogens is 458 g/mol. The fraction of sp³-hybridized carbons (Fsp3) is 0.423. The van der Waals surface area contributed by atoms with Crippen LogP contribution in [-0.4, -0.2) is 65.6 Å². The van der Waals surface area contributed by atoms with Gasteiger partial charge in [0.1, 0.15) is 11.3 Å². The van der Waals surface area contributed by atoms with Crippen molar-refractivity contribution in [2.45, 2.75) is 26.7 Å². The van der Waals surface area contributed by atoms with E-state index in [4.69, 9.17) is 20.3 Å². The third-order valence-corrected chi connectivity index (χ3v) is 6.56. The average molecular weight is 494 g/mol. The lowest BCUT2D eigenvalue weighted by atomic mass is 9.90. The molecule has 10 nitrogen and oxygen atoms in total. The third-order valence-electron chi connectivity index (χ3n) is 6.56. The van der Waals surface area contributed by atoms with Crippen molar-refractivity contribution in [2.75, 3.05) is 51.2 Å². The monoisotopic (exact) mass is 493 g/mol. The van der Waals surface area contributed by atoms with Crippen LogP contribution in [0.1, 0.15) is 32.3 Å². The second kappa shape index (κ2) is 11.1. The molecule has 4 rings (SSSR count). The number of rotatable bonds is 10. The summed E-state index contributed by atoms with van der Waals surface area (Å²) in [6, 6.07) is 7.68. The second-order valence-corrected chi connectivity index (χ2v) is 9.35. The number of hydrogen-bond donors (Lipinski definition) is 4. The van der Waals surface area contributed by atoms with Crippen molar-refractivity contribution >= 4 is 33.9 Å².